The molecule has 112 valence electrons. The van der Waals surface area contributed by atoms with E-state index in [1.807, 2.05) is 0 Å². The largest absolute Gasteiger partial charge is 0.389 e. The summed E-state index contributed by atoms with van der Waals surface area (Å²) in [6.45, 7) is 1.86. The second-order valence-electron chi connectivity index (χ2n) is 5.27. The topological polar surface area (TPSA) is 49.4 Å². The highest BCUT2D eigenvalue weighted by Crippen LogP contribution is 2.29. The number of hydrogen-bond acceptors (Lipinski definition) is 3. The Balaban J connectivity index is 1.95. The molecule has 0 spiro atoms. The lowest BCUT2D eigenvalue weighted by Gasteiger charge is -2.36. The van der Waals surface area contributed by atoms with E-state index in [9.17, 15) is 21.6 Å². The van der Waals surface area contributed by atoms with Crippen molar-refractivity contribution in [1.82, 2.24) is 9.62 Å². The molecule has 0 amide bonds. The maximum Gasteiger partial charge on any atom is 0.389 e. The quantitative estimate of drug-likeness (QED) is 0.852. The first-order chi connectivity index (χ1) is 8.80. The lowest BCUT2D eigenvalue weighted by Crippen LogP contribution is -2.49. The van der Waals surface area contributed by atoms with E-state index >= 15 is 0 Å². The van der Waals surface area contributed by atoms with Crippen molar-refractivity contribution < 1.29 is 21.6 Å². The molecule has 0 aliphatic carbocycles. The molecule has 0 aromatic rings. The fourth-order valence-electron chi connectivity index (χ4n) is 2.94. The van der Waals surface area contributed by atoms with Crippen molar-refractivity contribution in [3.63, 3.8) is 0 Å². The molecule has 19 heavy (non-hydrogen) atoms. The van der Waals surface area contributed by atoms with Crippen LogP contribution in [0.4, 0.5) is 13.2 Å². The van der Waals surface area contributed by atoms with Crippen molar-refractivity contribution in [3.05, 3.63) is 0 Å². The van der Waals surface area contributed by atoms with Crippen molar-refractivity contribution in [2.24, 2.45) is 5.92 Å². The predicted molar refractivity (Wildman–Crippen MR) is 65.2 cm³/mol. The summed E-state index contributed by atoms with van der Waals surface area (Å²) in [5, 5.41) is 3.16. The van der Waals surface area contributed by atoms with E-state index in [-0.39, 0.29) is 12.5 Å². The highest BCUT2D eigenvalue weighted by molar-refractivity contribution is 7.89. The summed E-state index contributed by atoms with van der Waals surface area (Å²) in [4.78, 5) is 0. The Bertz CT molecular complexity index is 411. The summed E-state index contributed by atoms with van der Waals surface area (Å²) in [5.74, 6) is -0.0958. The minimum Gasteiger partial charge on any atom is -0.315 e. The lowest BCUT2D eigenvalue weighted by molar-refractivity contribution is -0.134. The van der Waals surface area contributed by atoms with E-state index in [0.29, 0.717) is 19.0 Å². The summed E-state index contributed by atoms with van der Waals surface area (Å²) in [5.41, 5.74) is 0. The first-order valence-corrected chi connectivity index (χ1v) is 8.17. The molecule has 2 unspecified atom stereocenters. The number of halogens is 3. The van der Waals surface area contributed by atoms with Crippen LogP contribution in [0.25, 0.3) is 0 Å². The monoisotopic (exact) mass is 300 g/mol. The molecule has 2 rings (SSSR count). The van der Waals surface area contributed by atoms with Crippen molar-refractivity contribution >= 4 is 10.0 Å². The zero-order valence-electron chi connectivity index (χ0n) is 10.6. The first-order valence-electron chi connectivity index (χ1n) is 6.56. The predicted octanol–water partition coefficient (Wildman–Crippen LogP) is 1.34. The Kier molecular flexibility index (Phi) is 4.42. The molecule has 0 radical (unpaired) electrons. The highest BCUT2D eigenvalue weighted by atomic mass is 32.2. The number of fused-ring (bicyclic) bond motifs is 1. The van der Waals surface area contributed by atoms with Crippen molar-refractivity contribution in [1.29, 1.82) is 0 Å². The molecule has 0 aromatic heterocycles. The van der Waals surface area contributed by atoms with Crippen LogP contribution in [0, 0.1) is 5.92 Å². The molecular weight excluding hydrogens is 281 g/mol. The molecule has 2 aliphatic heterocycles. The number of hydrogen-bond donors (Lipinski definition) is 1. The molecule has 2 heterocycles. The summed E-state index contributed by atoms with van der Waals surface area (Å²) < 4.78 is 61.9. The lowest BCUT2D eigenvalue weighted by atomic mass is 9.94. The van der Waals surface area contributed by atoms with Gasteiger partial charge in [0.05, 0.1) is 5.75 Å². The van der Waals surface area contributed by atoms with Gasteiger partial charge in [0, 0.05) is 25.6 Å². The summed E-state index contributed by atoms with van der Waals surface area (Å²) in [7, 11) is -3.57. The molecule has 2 atom stereocenters. The van der Waals surface area contributed by atoms with Crippen LogP contribution in [0.2, 0.25) is 0 Å². The average Bonchev–Trinajstić information content (AvgIpc) is 2.73. The van der Waals surface area contributed by atoms with Crippen LogP contribution in [-0.4, -0.2) is 50.3 Å². The number of alkyl halides is 3. The molecule has 4 nitrogen and oxygen atoms in total. The van der Waals surface area contributed by atoms with Crippen LogP contribution in [0.1, 0.15) is 25.7 Å². The van der Waals surface area contributed by atoms with Gasteiger partial charge in [0.25, 0.3) is 0 Å². The molecule has 0 aromatic carbocycles. The van der Waals surface area contributed by atoms with Gasteiger partial charge in [-0.3, -0.25) is 0 Å². The fourth-order valence-corrected chi connectivity index (χ4v) is 4.75. The van der Waals surface area contributed by atoms with Crippen LogP contribution in [0.3, 0.4) is 0 Å². The standard InChI is InChI=1S/C11H19F3N2O2S/c12-11(13,14)4-2-6-19(17,18)16-5-1-3-9-7-15-8-10(9)16/h9-10,15H,1-8H2. The SMILES string of the molecule is O=S(=O)(CCCC(F)(F)F)N1CCCC2CNCC21. The summed E-state index contributed by atoms with van der Waals surface area (Å²) in [6.07, 6.45) is -3.89. The number of rotatable bonds is 4. The van der Waals surface area contributed by atoms with E-state index in [0.717, 1.165) is 19.4 Å². The van der Waals surface area contributed by atoms with Crippen LogP contribution >= 0.6 is 0 Å². The highest BCUT2D eigenvalue weighted by Gasteiger charge is 2.40. The van der Waals surface area contributed by atoms with E-state index in [2.05, 4.69) is 5.32 Å². The van der Waals surface area contributed by atoms with Gasteiger partial charge in [-0.1, -0.05) is 0 Å². The van der Waals surface area contributed by atoms with Crippen LogP contribution in [0.5, 0.6) is 0 Å². The van der Waals surface area contributed by atoms with Crippen molar-refractivity contribution in [2.45, 2.75) is 37.9 Å². The van der Waals surface area contributed by atoms with Crippen molar-refractivity contribution in [2.75, 3.05) is 25.4 Å². The molecule has 0 bridgehead atoms. The van der Waals surface area contributed by atoms with Gasteiger partial charge in [-0.2, -0.15) is 17.5 Å². The Hall–Kier alpha value is -0.340. The Morgan fingerprint density at radius 2 is 2.00 bits per heavy atom. The average molecular weight is 300 g/mol. The normalized spacial score (nSPS) is 29.4. The third-order valence-corrected chi connectivity index (χ3v) is 5.82. The van der Waals surface area contributed by atoms with Gasteiger partial charge >= 0.3 is 6.18 Å². The Labute approximate surface area is 111 Å². The van der Waals surface area contributed by atoms with Gasteiger partial charge in [0.15, 0.2) is 0 Å². The summed E-state index contributed by atoms with van der Waals surface area (Å²) >= 11 is 0. The van der Waals surface area contributed by atoms with E-state index in [4.69, 9.17) is 0 Å². The van der Waals surface area contributed by atoms with Gasteiger partial charge in [-0.05, 0) is 31.7 Å². The molecular formula is C11H19F3N2O2S. The zero-order chi connectivity index (χ0) is 14.1. The van der Waals surface area contributed by atoms with Gasteiger partial charge in [0.1, 0.15) is 0 Å². The minimum absolute atomic E-state index is 0.0652. The second kappa shape index (κ2) is 5.57. The van der Waals surface area contributed by atoms with Gasteiger partial charge < -0.3 is 5.32 Å². The number of sulfonamides is 1. The number of nitrogens with zero attached hydrogens (tertiary/aromatic N) is 1. The maximum absolute atomic E-state index is 12.1. The molecule has 0 saturated carbocycles. The number of nitrogens with one attached hydrogen (secondary N) is 1. The van der Waals surface area contributed by atoms with Gasteiger partial charge in [-0.25, -0.2) is 8.42 Å². The number of piperidine rings is 1. The van der Waals surface area contributed by atoms with Gasteiger partial charge in [0.2, 0.25) is 10.0 Å². The third-order valence-electron chi connectivity index (χ3n) is 3.85. The fraction of sp³-hybridized carbons (Fsp3) is 1.00. The Morgan fingerprint density at radius 3 is 2.68 bits per heavy atom. The molecule has 1 N–H and O–H groups in total. The van der Waals surface area contributed by atoms with E-state index in [1.54, 1.807) is 0 Å². The molecule has 2 saturated heterocycles. The molecule has 2 fully saturated rings. The maximum atomic E-state index is 12.1. The Morgan fingerprint density at radius 1 is 1.26 bits per heavy atom. The first kappa shape index (κ1) is 15.1. The zero-order valence-corrected chi connectivity index (χ0v) is 11.4. The van der Waals surface area contributed by atoms with Crippen LogP contribution < -0.4 is 5.32 Å². The smallest absolute Gasteiger partial charge is 0.315 e. The van der Waals surface area contributed by atoms with E-state index < -0.39 is 28.4 Å². The van der Waals surface area contributed by atoms with E-state index in [1.165, 1.54) is 4.31 Å². The molecule has 2 aliphatic rings. The van der Waals surface area contributed by atoms with Crippen LogP contribution in [0.15, 0.2) is 0 Å². The second-order valence-corrected chi connectivity index (χ2v) is 7.31. The van der Waals surface area contributed by atoms with Crippen molar-refractivity contribution in [3.8, 4) is 0 Å². The third kappa shape index (κ3) is 3.82. The summed E-state index contributed by atoms with van der Waals surface area (Å²) in [6, 6.07) is -0.0652. The van der Waals surface area contributed by atoms with Crippen LogP contribution in [-0.2, 0) is 10.0 Å². The van der Waals surface area contributed by atoms with Gasteiger partial charge in [-0.15, -0.1) is 0 Å². The molecule has 8 heteroatoms. The minimum atomic E-state index is -4.28.